The molecule has 0 saturated carbocycles. The van der Waals surface area contributed by atoms with E-state index in [2.05, 4.69) is 11.1 Å². The summed E-state index contributed by atoms with van der Waals surface area (Å²) in [5.74, 6) is 0.829. The van der Waals surface area contributed by atoms with Crippen molar-refractivity contribution < 1.29 is 14.3 Å². The number of para-hydroxylation sites is 1. The molecule has 5 nitrogen and oxygen atoms in total. The Labute approximate surface area is 154 Å². The summed E-state index contributed by atoms with van der Waals surface area (Å²) in [6.07, 6.45) is 1.97. The summed E-state index contributed by atoms with van der Waals surface area (Å²) in [5.41, 5.74) is 2.91. The van der Waals surface area contributed by atoms with E-state index in [0.717, 1.165) is 22.2 Å². The molecule has 1 aliphatic rings. The molecule has 1 saturated heterocycles. The largest absolute Gasteiger partial charge is 0.496 e. The second-order valence-electron chi connectivity index (χ2n) is 5.90. The summed E-state index contributed by atoms with van der Waals surface area (Å²) in [6, 6.07) is 15.5. The van der Waals surface area contributed by atoms with Crippen LogP contribution in [0.4, 0.5) is 10.5 Å². The Balaban J connectivity index is 1.78. The van der Waals surface area contributed by atoms with E-state index in [1.165, 1.54) is 4.90 Å². The quantitative estimate of drug-likeness (QED) is 0.644. The van der Waals surface area contributed by atoms with Crippen molar-refractivity contribution in [2.24, 2.45) is 0 Å². The number of carbonyl (C=O) groups is 2. The molecule has 1 amide bonds. The van der Waals surface area contributed by atoms with Gasteiger partial charge in [-0.25, -0.2) is 0 Å². The maximum atomic E-state index is 12.2. The summed E-state index contributed by atoms with van der Waals surface area (Å²) in [5, 5.41) is 0.276. The predicted molar refractivity (Wildman–Crippen MR) is 104 cm³/mol. The number of ether oxygens (including phenoxy) is 1. The number of thioether (sulfide) groups is 1. The zero-order chi connectivity index (χ0) is 18.3. The molecule has 4 rings (SSSR count). The summed E-state index contributed by atoms with van der Waals surface area (Å²) in [6.45, 7) is 4.40. The Hall–Kier alpha value is -2.99. The zero-order valence-electron chi connectivity index (χ0n) is 14.1. The molecule has 1 aromatic heterocycles. The number of anilines is 1. The SMILES string of the molecule is C=C1C(=O)SC(=O)N1c1cccc2c1ccn2Cc1ccccc1OC. The number of fused-ring (bicyclic) bond motifs is 1. The third kappa shape index (κ3) is 2.59. The molecule has 0 aliphatic carbocycles. The van der Waals surface area contributed by atoms with E-state index >= 15 is 0 Å². The maximum absolute atomic E-state index is 12.2. The molecule has 1 fully saturated rings. The average molecular weight is 364 g/mol. The molecule has 6 heteroatoms. The minimum Gasteiger partial charge on any atom is -0.496 e. The molecular formula is C20H16N2O3S. The van der Waals surface area contributed by atoms with Crippen molar-refractivity contribution in [3.05, 3.63) is 72.6 Å². The lowest BCUT2D eigenvalue weighted by molar-refractivity contribution is -0.107. The highest BCUT2D eigenvalue weighted by atomic mass is 32.2. The first-order valence-electron chi connectivity index (χ1n) is 8.05. The Morgan fingerprint density at radius 2 is 1.88 bits per heavy atom. The number of amides is 1. The third-order valence-electron chi connectivity index (χ3n) is 4.43. The van der Waals surface area contributed by atoms with Gasteiger partial charge < -0.3 is 9.30 Å². The van der Waals surface area contributed by atoms with Crippen LogP contribution in [-0.2, 0) is 11.3 Å². The van der Waals surface area contributed by atoms with Crippen molar-refractivity contribution in [2.75, 3.05) is 12.0 Å². The molecule has 26 heavy (non-hydrogen) atoms. The molecular weight excluding hydrogens is 348 g/mol. The number of hydrogen-bond acceptors (Lipinski definition) is 4. The minimum atomic E-state index is -0.315. The normalized spacial score (nSPS) is 14.5. The maximum Gasteiger partial charge on any atom is 0.298 e. The Morgan fingerprint density at radius 3 is 2.62 bits per heavy atom. The van der Waals surface area contributed by atoms with Gasteiger partial charge >= 0.3 is 0 Å². The van der Waals surface area contributed by atoms with Gasteiger partial charge in [-0.15, -0.1) is 0 Å². The molecule has 0 radical (unpaired) electrons. The van der Waals surface area contributed by atoms with E-state index in [0.29, 0.717) is 24.0 Å². The zero-order valence-corrected chi connectivity index (χ0v) is 15.0. The molecule has 3 aromatic rings. The number of nitrogens with zero attached hydrogens (tertiary/aromatic N) is 2. The first-order chi connectivity index (χ1) is 12.6. The Kier molecular flexibility index (Phi) is 4.05. The van der Waals surface area contributed by atoms with E-state index in [1.54, 1.807) is 7.11 Å². The topological polar surface area (TPSA) is 51.5 Å². The number of hydrogen-bond donors (Lipinski definition) is 0. The Morgan fingerprint density at radius 1 is 1.08 bits per heavy atom. The molecule has 0 bridgehead atoms. The molecule has 0 N–H and O–H groups in total. The molecule has 1 aliphatic heterocycles. The first-order valence-corrected chi connectivity index (χ1v) is 8.86. The van der Waals surface area contributed by atoms with Gasteiger partial charge in [-0.2, -0.15) is 0 Å². The number of aromatic nitrogens is 1. The molecule has 130 valence electrons. The van der Waals surface area contributed by atoms with Crippen molar-refractivity contribution in [2.45, 2.75) is 6.54 Å². The summed E-state index contributed by atoms with van der Waals surface area (Å²) < 4.78 is 7.53. The highest BCUT2D eigenvalue weighted by molar-refractivity contribution is 8.27. The van der Waals surface area contributed by atoms with Crippen molar-refractivity contribution >= 4 is 38.7 Å². The summed E-state index contributed by atoms with van der Waals surface area (Å²) >= 11 is 0.680. The van der Waals surface area contributed by atoms with E-state index in [9.17, 15) is 9.59 Å². The highest BCUT2D eigenvalue weighted by Gasteiger charge is 2.35. The molecule has 2 aromatic carbocycles. The number of rotatable bonds is 4. The molecule has 0 unspecified atom stereocenters. The van der Waals surface area contributed by atoms with Crippen LogP contribution in [-0.4, -0.2) is 22.0 Å². The van der Waals surface area contributed by atoms with E-state index in [-0.39, 0.29) is 16.1 Å². The van der Waals surface area contributed by atoms with Crippen LogP contribution in [0.15, 0.2) is 67.0 Å². The van der Waals surface area contributed by atoms with Gasteiger partial charge in [0, 0.05) is 28.9 Å². The molecule has 2 heterocycles. The van der Waals surface area contributed by atoms with Crippen molar-refractivity contribution in [3.63, 3.8) is 0 Å². The number of benzene rings is 2. The fourth-order valence-corrected chi connectivity index (χ4v) is 3.85. The minimum absolute atomic E-state index is 0.199. The third-order valence-corrected chi connectivity index (χ3v) is 5.21. The smallest absolute Gasteiger partial charge is 0.298 e. The average Bonchev–Trinajstić information content (AvgIpc) is 3.16. The van der Waals surface area contributed by atoms with Crippen LogP contribution < -0.4 is 9.64 Å². The standard InChI is InChI=1S/C20H16N2O3S/c1-13-19(23)26-20(24)22(13)17-8-5-7-16-15(17)10-11-21(16)12-14-6-3-4-9-18(14)25-2/h3-11H,1,12H2,2H3. The lowest BCUT2D eigenvalue weighted by Gasteiger charge is -2.17. The van der Waals surface area contributed by atoms with Gasteiger partial charge in [0.1, 0.15) is 5.75 Å². The predicted octanol–water partition coefficient (Wildman–Crippen LogP) is 4.41. The summed E-state index contributed by atoms with van der Waals surface area (Å²) in [7, 11) is 1.66. The van der Waals surface area contributed by atoms with Gasteiger partial charge in [0.2, 0.25) is 5.12 Å². The van der Waals surface area contributed by atoms with Crippen LogP contribution in [0.2, 0.25) is 0 Å². The lowest BCUT2D eigenvalue weighted by atomic mass is 10.1. The first kappa shape index (κ1) is 16.5. The van der Waals surface area contributed by atoms with Gasteiger partial charge in [0.05, 0.1) is 30.6 Å². The van der Waals surface area contributed by atoms with Crippen LogP contribution in [0.1, 0.15) is 5.56 Å². The highest BCUT2D eigenvalue weighted by Crippen LogP contribution is 2.37. The second-order valence-corrected chi connectivity index (χ2v) is 6.83. The van der Waals surface area contributed by atoms with Crippen molar-refractivity contribution in [3.8, 4) is 5.75 Å². The van der Waals surface area contributed by atoms with Crippen LogP contribution in [0.3, 0.4) is 0 Å². The van der Waals surface area contributed by atoms with E-state index in [1.807, 2.05) is 54.7 Å². The van der Waals surface area contributed by atoms with Gasteiger partial charge in [-0.1, -0.05) is 30.8 Å². The number of carbonyl (C=O) groups excluding carboxylic acids is 2. The fraction of sp³-hybridized carbons (Fsp3) is 0.100. The van der Waals surface area contributed by atoms with Crippen molar-refractivity contribution in [1.82, 2.24) is 4.57 Å². The number of methoxy groups -OCH3 is 1. The van der Waals surface area contributed by atoms with E-state index < -0.39 is 0 Å². The van der Waals surface area contributed by atoms with Crippen LogP contribution >= 0.6 is 11.8 Å². The van der Waals surface area contributed by atoms with Crippen LogP contribution in [0, 0.1) is 0 Å². The van der Waals surface area contributed by atoms with Gasteiger partial charge in [0.25, 0.3) is 5.24 Å². The fourth-order valence-electron chi connectivity index (χ4n) is 3.19. The van der Waals surface area contributed by atoms with Crippen molar-refractivity contribution in [1.29, 1.82) is 0 Å². The van der Waals surface area contributed by atoms with Crippen LogP contribution in [0.5, 0.6) is 5.75 Å². The van der Waals surface area contributed by atoms with Gasteiger partial charge in [-0.3, -0.25) is 14.5 Å². The van der Waals surface area contributed by atoms with Gasteiger partial charge in [0.15, 0.2) is 0 Å². The Bertz CT molecular complexity index is 1050. The second kappa shape index (κ2) is 6.38. The van der Waals surface area contributed by atoms with Gasteiger partial charge in [-0.05, 0) is 24.3 Å². The van der Waals surface area contributed by atoms with Crippen LogP contribution in [0.25, 0.3) is 10.9 Å². The van der Waals surface area contributed by atoms with E-state index in [4.69, 9.17) is 4.74 Å². The summed E-state index contributed by atoms with van der Waals surface area (Å²) in [4.78, 5) is 25.4. The monoisotopic (exact) mass is 364 g/mol. The molecule has 0 spiro atoms. The molecule has 0 atom stereocenters. The lowest BCUT2D eigenvalue weighted by Crippen LogP contribution is -2.20.